The largest absolute Gasteiger partial charge is 0.303 e. The van der Waals surface area contributed by atoms with Crippen LogP contribution in [0.5, 0.6) is 0 Å². The van der Waals surface area contributed by atoms with Crippen molar-refractivity contribution in [2.45, 2.75) is 19.5 Å². The summed E-state index contributed by atoms with van der Waals surface area (Å²) in [5.74, 6) is 0. The van der Waals surface area contributed by atoms with E-state index in [9.17, 15) is 0 Å². The van der Waals surface area contributed by atoms with Gasteiger partial charge in [-0.25, -0.2) is 4.68 Å². The Balaban J connectivity index is 1.63. The Morgan fingerprint density at radius 1 is 1.05 bits per heavy atom. The average Bonchev–Trinajstić information content (AvgIpc) is 3.03. The molecule has 0 saturated carbocycles. The molecule has 4 nitrogen and oxygen atoms in total. The number of nitrogens with zero attached hydrogens (tertiary/aromatic N) is 3. The molecule has 0 saturated heterocycles. The van der Waals surface area contributed by atoms with Crippen LogP contribution in [0.25, 0.3) is 5.69 Å². The minimum absolute atomic E-state index is 0.202. The summed E-state index contributed by atoms with van der Waals surface area (Å²) in [4.78, 5) is 4.36. The topological polar surface area (TPSA) is 42.7 Å². The first-order valence-corrected chi connectivity index (χ1v) is 7.07. The summed E-state index contributed by atoms with van der Waals surface area (Å²) in [6, 6.07) is 18.3. The zero-order valence-corrected chi connectivity index (χ0v) is 12.0. The summed E-state index contributed by atoms with van der Waals surface area (Å²) < 4.78 is 1.89. The number of rotatable bonds is 5. The molecule has 0 bridgehead atoms. The highest BCUT2D eigenvalue weighted by Gasteiger charge is 2.07. The first kappa shape index (κ1) is 13.5. The van der Waals surface area contributed by atoms with E-state index in [4.69, 9.17) is 0 Å². The van der Waals surface area contributed by atoms with Gasteiger partial charge in [-0.1, -0.05) is 24.3 Å². The highest BCUT2D eigenvalue weighted by atomic mass is 15.3. The van der Waals surface area contributed by atoms with E-state index < -0.39 is 0 Å². The molecule has 0 unspecified atom stereocenters. The molecule has 4 heteroatoms. The molecule has 1 N–H and O–H groups in total. The Bertz CT molecular complexity index is 676. The molecule has 2 heterocycles. The van der Waals surface area contributed by atoms with Crippen LogP contribution in [-0.4, -0.2) is 14.8 Å². The summed E-state index contributed by atoms with van der Waals surface area (Å²) in [5, 5.41) is 8.02. The number of nitrogens with one attached hydrogen (secondary N) is 1. The predicted octanol–water partition coefficient (Wildman–Crippen LogP) is 3.12. The predicted molar refractivity (Wildman–Crippen MR) is 83.1 cm³/mol. The molecule has 0 aliphatic heterocycles. The third-order valence-electron chi connectivity index (χ3n) is 3.39. The average molecular weight is 278 g/mol. The van der Waals surface area contributed by atoms with Gasteiger partial charge >= 0.3 is 0 Å². The van der Waals surface area contributed by atoms with Crippen LogP contribution < -0.4 is 5.32 Å². The van der Waals surface area contributed by atoms with E-state index in [0.717, 1.165) is 23.6 Å². The molecule has 1 atom stereocenters. The first-order valence-electron chi connectivity index (χ1n) is 7.07. The number of hydrogen-bond donors (Lipinski definition) is 1. The quantitative estimate of drug-likeness (QED) is 0.779. The van der Waals surface area contributed by atoms with E-state index in [1.807, 2.05) is 71.7 Å². The van der Waals surface area contributed by atoms with Crippen molar-refractivity contribution in [1.82, 2.24) is 20.1 Å². The first-order chi connectivity index (χ1) is 10.3. The molecular weight excluding hydrogens is 260 g/mol. The molecule has 0 aliphatic rings. The molecule has 21 heavy (non-hydrogen) atoms. The Morgan fingerprint density at radius 2 is 1.86 bits per heavy atom. The minimum Gasteiger partial charge on any atom is -0.303 e. The fourth-order valence-electron chi connectivity index (χ4n) is 2.17. The molecule has 3 aromatic rings. The number of para-hydroxylation sites is 1. The second-order valence-electron chi connectivity index (χ2n) is 4.94. The number of hydrogen-bond acceptors (Lipinski definition) is 3. The summed E-state index contributed by atoms with van der Waals surface area (Å²) in [6.45, 7) is 2.83. The summed E-state index contributed by atoms with van der Waals surface area (Å²) in [5.41, 5.74) is 3.13. The van der Waals surface area contributed by atoms with Gasteiger partial charge in [-0.3, -0.25) is 4.98 Å². The maximum atomic E-state index is 4.58. The van der Waals surface area contributed by atoms with Gasteiger partial charge in [0.25, 0.3) is 0 Å². The number of pyridine rings is 1. The SMILES string of the molecule is C[C@H](NCc1ccn(-c2ccccc2)n1)c1ccccn1. The van der Waals surface area contributed by atoms with Gasteiger partial charge in [-0.2, -0.15) is 5.10 Å². The molecule has 106 valence electrons. The lowest BCUT2D eigenvalue weighted by molar-refractivity contribution is 0.552. The molecule has 0 amide bonds. The van der Waals surface area contributed by atoms with Crippen molar-refractivity contribution in [3.63, 3.8) is 0 Å². The fraction of sp³-hybridized carbons (Fsp3) is 0.176. The molecule has 0 aliphatic carbocycles. The zero-order valence-electron chi connectivity index (χ0n) is 12.0. The Hall–Kier alpha value is -2.46. The smallest absolute Gasteiger partial charge is 0.0767 e. The maximum absolute atomic E-state index is 4.58. The molecule has 0 radical (unpaired) electrons. The van der Waals surface area contributed by atoms with Crippen molar-refractivity contribution in [1.29, 1.82) is 0 Å². The van der Waals surface area contributed by atoms with Crippen LogP contribution >= 0.6 is 0 Å². The second kappa shape index (κ2) is 6.33. The van der Waals surface area contributed by atoms with Gasteiger partial charge in [-0.15, -0.1) is 0 Å². The van der Waals surface area contributed by atoms with Crippen molar-refractivity contribution in [2.24, 2.45) is 0 Å². The van der Waals surface area contributed by atoms with Gasteiger partial charge in [0.05, 0.1) is 17.1 Å². The monoisotopic (exact) mass is 278 g/mol. The highest BCUT2D eigenvalue weighted by molar-refractivity contribution is 5.30. The molecule has 2 aromatic heterocycles. The second-order valence-corrected chi connectivity index (χ2v) is 4.94. The molecule has 3 rings (SSSR count). The minimum atomic E-state index is 0.202. The van der Waals surface area contributed by atoms with Crippen LogP contribution in [0.3, 0.4) is 0 Å². The van der Waals surface area contributed by atoms with Crippen molar-refractivity contribution >= 4 is 0 Å². The van der Waals surface area contributed by atoms with Gasteiger partial charge in [0.1, 0.15) is 0 Å². The number of benzene rings is 1. The van der Waals surface area contributed by atoms with Gasteiger partial charge in [0.2, 0.25) is 0 Å². The lowest BCUT2D eigenvalue weighted by atomic mass is 10.2. The normalized spacial score (nSPS) is 12.2. The molecule has 0 spiro atoms. The van der Waals surface area contributed by atoms with E-state index in [0.29, 0.717) is 0 Å². The lowest BCUT2D eigenvalue weighted by Crippen LogP contribution is -2.19. The van der Waals surface area contributed by atoms with E-state index >= 15 is 0 Å². The van der Waals surface area contributed by atoms with Gasteiger partial charge in [0.15, 0.2) is 0 Å². The van der Waals surface area contributed by atoms with Gasteiger partial charge in [-0.05, 0) is 37.3 Å². The van der Waals surface area contributed by atoms with Crippen molar-refractivity contribution in [2.75, 3.05) is 0 Å². The summed E-state index contributed by atoms with van der Waals surface area (Å²) in [7, 11) is 0. The van der Waals surface area contributed by atoms with Crippen LogP contribution in [0.15, 0.2) is 67.0 Å². The van der Waals surface area contributed by atoms with E-state index in [2.05, 4.69) is 22.3 Å². The van der Waals surface area contributed by atoms with Crippen LogP contribution in [0.1, 0.15) is 24.4 Å². The highest BCUT2D eigenvalue weighted by Crippen LogP contribution is 2.10. The van der Waals surface area contributed by atoms with Crippen molar-refractivity contribution < 1.29 is 0 Å². The lowest BCUT2D eigenvalue weighted by Gasteiger charge is -2.11. The van der Waals surface area contributed by atoms with E-state index in [1.165, 1.54) is 0 Å². The van der Waals surface area contributed by atoms with Crippen molar-refractivity contribution in [3.8, 4) is 5.69 Å². The van der Waals surface area contributed by atoms with Gasteiger partial charge in [0, 0.05) is 25.0 Å². The van der Waals surface area contributed by atoms with Crippen LogP contribution in [-0.2, 0) is 6.54 Å². The molecule has 0 fully saturated rings. The third-order valence-corrected chi connectivity index (χ3v) is 3.39. The van der Waals surface area contributed by atoms with Crippen LogP contribution in [0.2, 0.25) is 0 Å². The molecule has 1 aromatic carbocycles. The Labute approximate surface area is 124 Å². The fourth-order valence-corrected chi connectivity index (χ4v) is 2.17. The van der Waals surface area contributed by atoms with Crippen LogP contribution in [0, 0.1) is 0 Å². The summed E-state index contributed by atoms with van der Waals surface area (Å²) in [6.07, 6.45) is 3.80. The van der Waals surface area contributed by atoms with E-state index in [-0.39, 0.29) is 6.04 Å². The van der Waals surface area contributed by atoms with Crippen molar-refractivity contribution in [3.05, 3.63) is 78.4 Å². The third kappa shape index (κ3) is 3.35. The zero-order chi connectivity index (χ0) is 14.5. The summed E-state index contributed by atoms with van der Waals surface area (Å²) >= 11 is 0. The number of aromatic nitrogens is 3. The van der Waals surface area contributed by atoms with Gasteiger partial charge < -0.3 is 5.32 Å². The standard InChI is InChI=1S/C17H18N4/c1-14(17-9-5-6-11-18-17)19-13-15-10-12-21(20-15)16-7-3-2-4-8-16/h2-12,14,19H,13H2,1H3/t14-/m0/s1. The van der Waals surface area contributed by atoms with Crippen LogP contribution in [0.4, 0.5) is 0 Å². The Kier molecular flexibility index (Phi) is 4.07. The Morgan fingerprint density at radius 3 is 2.62 bits per heavy atom. The molecular formula is C17H18N4. The maximum Gasteiger partial charge on any atom is 0.0767 e. The van der Waals surface area contributed by atoms with E-state index in [1.54, 1.807) is 0 Å².